The third kappa shape index (κ3) is 2.16. The molecule has 1 aromatic rings. The fourth-order valence-corrected chi connectivity index (χ4v) is 1.99. The Kier molecular flexibility index (Phi) is 3.72. The second kappa shape index (κ2) is 4.62. The predicted molar refractivity (Wildman–Crippen MR) is 60.6 cm³/mol. The van der Waals surface area contributed by atoms with E-state index in [2.05, 4.69) is 0 Å². The highest BCUT2D eigenvalue weighted by molar-refractivity contribution is 14.1. The van der Waals surface area contributed by atoms with Gasteiger partial charge in [0, 0.05) is 3.57 Å². The number of benzene rings is 1. The number of hydrogen-bond acceptors (Lipinski definition) is 3. The van der Waals surface area contributed by atoms with Crippen molar-refractivity contribution in [2.24, 2.45) is 0 Å². The van der Waals surface area contributed by atoms with Crippen LogP contribution in [0.1, 0.15) is 15.9 Å². The molecule has 72 valence electrons. The van der Waals surface area contributed by atoms with E-state index in [1.165, 1.54) is 13.2 Å². The molecule has 0 fully saturated rings. The Bertz CT molecular complexity index is 426. The molecule has 3 nitrogen and oxygen atoms in total. The van der Waals surface area contributed by atoms with Crippen LogP contribution in [0.2, 0.25) is 0 Å². The maximum absolute atomic E-state index is 11.0. The topological polar surface area (TPSA) is 50.1 Å². The van der Waals surface area contributed by atoms with Gasteiger partial charge in [-0.2, -0.15) is 5.26 Å². The van der Waals surface area contributed by atoms with Gasteiger partial charge in [-0.05, 0) is 46.3 Å². The van der Waals surface area contributed by atoms with E-state index in [1.54, 1.807) is 6.07 Å². The Labute approximate surface area is 99.8 Å². The number of carbonyl (C=O) groups is 1. The SMILES string of the molecule is COc1cc(C(=O)Cl)c(I)cc1C#N. The molecule has 1 rings (SSSR count). The fourth-order valence-electron chi connectivity index (χ4n) is 0.960. The van der Waals surface area contributed by atoms with E-state index in [0.29, 0.717) is 20.4 Å². The Morgan fingerprint density at radius 2 is 2.29 bits per heavy atom. The summed E-state index contributed by atoms with van der Waals surface area (Å²) >= 11 is 7.30. The number of ether oxygens (including phenoxy) is 1. The maximum Gasteiger partial charge on any atom is 0.253 e. The zero-order chi connectivity index (χ0) is 10.7. The van der Waals surface area contributed by atoms with Crippen molar-refractivity contribution in [1.29, 1.82) is 5.26 Å². The molecule has 0 unspecified atom stereocenters. The van der Waals surface area contributed by atoms with Gasteiger partial charge in [0.1, 0.15) is 11.8 Å². The molecule has 5 heteroatoms. The summed E-state index contributed by atoms with van der Waals surface area (Å²) < 4.78 is 5.58. The molecule has 0 bridgehead atoms. The normalized spacial score (nSPS) is 9.29. The van der Waals surface area contributed by atoms with E-state index in [-0.39, 0.29) is 0 Å². The van der Waals surface area contributed by atoms with E-state index < -0.39 is 5.24 Å². The number of carbonyl (C=O) groups excluding carboxylic acids is 1. The minimum atomic E-state index is -0.558. The summed E-state index contributed by atoms with van der Waals surface area (Å²) in [6, 6.07) is 5.00. The van der Waals surface area contributed by atoms with Gasteiger partial charge in [-0.15, -0.1) is 0 Å². The Hall–Kier alpha value is -0.800. The summed E-state index contributed by atoms with van der Waals surface area (Å²) in [5.41, 5.74) is 0.738. The first-order valence-corrected chi connectivity index (χ1v) is 5.03. The molecule has 1 aromatic carbocycles. The van der Waals surface area contributed by atoms with E-state index in [9.17, 15) is 4.79 Å². The van der Waals surface area contributed by atoms with Gasteiger partial charge in [-0.1, -0.05) is 0 Å². The van der Waals surface area contributed by atoms with Crippen LogP contribution in [0.4, 0.5) is 0 Å². The number of halogens is 2. The van der Waals surface area contributed by atoms with E-state index >= 15 is 0 Å². The van der Waals surface area contributed by atoms with Crippen molar-refractivity contribution >= 4 is 39.4 Å². The second-order valence-corrected chi connectivity index (χ2v) is 3.92. The van der Waals surface area contributed by atoms with Crippen molar-refractivity contribution in [3.8, 4) is 11.8 Å². The van der Waals surface area contributed by atoms with E-state index in [1.807, 2.05) is 28.7 Å². The predicted octanol–water partition coefficient (Wildman–Crippen LogP) is 2.55. The molecule has 0 N–H and O–H groups in total. The summed E-state index contributed by atoms with van der Waals surface area (Å²) in [5.74, 6) is 0.358. The Balaban J connectivity index is 3.39. The lowest BCUT2D eigenvalue weighted by Gasteiger charge is -2.05. The van der Waals surface area contributed by atoms with Gasteiger partial charge < -0.3 is 4.74 Å². The molecule has 14 heavy (non-hydrogen) atoms. The lowest BCUT2D eigenvalue weighted by Crippen LogP contribution is -1.97. The van der Waals surface area contributed by atoms with Crippen LogP contribution in [0.15, 0.2) is 12.1 Å². The first-order valence-electron chi connectivity index (χ1n) is 3.57. The summed E-state index contributed by atoms with van der Waals surface area (Å²) in [4.78, 5) is 11.0. The standard InChI is InChI=1S/C9H5ClINO2/c1-14-8-3-6(9(10)13)7(11)2-5(8)4-12/h2-3H,1H3. The number of nitrogens with zero attached hydrogens (tertiary/aromatic N) is 1. The lowest BCUT2D eigenvalue weighted by molar-refractivity contribution is 0.108. The molecule has 0 aliphatic rings. The molecular formula is C9H5ClINO2. The monoisotopic (exact) mass is 321 g/mol. The number of rotatable bonds is 2. The minimum Gasteiger partial charge on any atom is -0.495 e. The van der Waals surface area contributed by atoms with Crippen molar-refractivity contribution in [3.63, 3.8) is 0 Å². The van der Waals surface area contributed by atoms with Gasteiger partial charge in [0.25, 0.3) is 5.24 Å². The highest BCUT2D eigenvalue weighted by atomic mass is 127. The minimum absolute atomic E-state index is 0.350. The molecule has 0 atom stereocenters. The van der Waals surface area contributed by atoms with Crippen LogP contribution in [0, 0.1) is 14.9 Å². The molecule has 0 amide bonds. The van der Waals surface area contributed by atoms with Gasteiger partial charge in [0.05, 0.1) is 18.2 Å². The number of nitriles is 1. The van der Waals surface area contributed by atoms with E-state index in [4.69, 9.17) is 21.6 Å². The van der Waals surface area contributed by atoms with Crippen LogP contribution in [0.25, 0.3) is 0 Å². The molecule has 0 aliphatic heterocycles. The van der Waals surface area contributed by atoms with Gasteiger partial charge >= 0.3 is 0 Å². The van der Waals surface area contributed by atoms with Crippen molar-refractivity contribution in [3.05, 3.63) is 26.8 Å². The average Bonchev–Trinajstić information content (AvgIpc) is 2.16. The van der Waals surface area contributed by atoms with Crippen LogP contribution >= 0.6 is 34.2 Å². The van der Waals surface area contributed by atoms with Gasteiger partial charge in [-0.25, -0.2) is 0 Å². The first kappa shape index (κ1) is 11.3. The van der Waals surface area contributed by atoms with E-state index in [0.717, 1.165) is 0 Å². The second-order valence-electron chi connectivity index (χ2n) is 2.42. The fraction of sp³-hybridized carbons (Fsp3) is 0.111. The van der Waals surface area contributed by atoms with Crippen molar-refractivity contribution in [2.75, 3.05) is 7.11 Å². The molecule has 0 spiro atoms. The zero-order valence-corrected chi connectivity index (χ0v) is 10.1. The summed E-state index contributed by atoms with van der Waals surface area (Å²) in [6.45, 7) is 0. The van der Waals surface area contributed by atoms with Gasteiger partial charge in [-0.3, -0.25) is 4.79 Å². The Morgan fingerprint density at radius 3 is 2.71 bits per heavy atom. The summed E-state index contributed by atoms with van der Waals surface area (Å²) in [6.07, 6.45) is 0. The van der Waals surface area contributed by atoms with Gasteiger partial charge in [0.2, 0.25) is 0 Å². The van der Waals surface area contributed by atoms with Gasteiger partial charge in [0.15, 0.2) is 0 Å². The van der Waals surface area contributed by atoms with Crippen molar-refractivity contribution < 1.29 is 9.53 Å². The van der Waals surface area contributed by atoms with Crippen molar-refractivity contribution in [1.82, 2.24) is 0 Å². The molecule has 0 aliphatic carbocycles. The summed E-state index contributed by atoms with van der Waals surface area (Å²) in [5, 5.41) is 8.19. The summed E-state index contributed by atoms with van der Waals surface area (Å²) in [7, 11) is 1.44. The van der Waals surface area contributed by atoms with Crippen LogP contribution < -0.4 is 4.74 Å². The molecular weight excluding hydrogens is 316 g/mol. The third-order valence-corrected chi connectivity index (χ3v) is 2.72. The molecule has 0 aromatic heterocycles. The van der Waals surface area contributed by atoms with Crippen LogP contribution in [0.3, 0.4) is 0 Å². The first-order chi connectivity index (χ1) is 6.60. The Morgan fingerprint density at radius 1 is 1.64 bits per heavy atom. The smallest absolute Gasteiger partial charge is 0.253 e. The molecule has 0 saturated carbocycles. The number of methoxy groups -OCH3 is 1. The quantitative estimate of drug-likeness (QED) is 0.621. The molecule has 0 saturated heterocycles. The maximum atomic E-state index is 11.0. The third-order valence-electron chi connectivity index (χ3n) is 1.62. The number of hydrogen-bond donors (Lipinski definition) is 0. The van der Waals surface area contributed by atoms with Crippen LogP contribution in [-0.4, -0.2) is 12.4 Å². The highest BCUT2D eigenvalue weighted by Gasteiger charge is 2.12. The largest absolute Gasteiger partial charge is 0.495 e. The lowest BCUT2D eigenvalue weighted by atomic mass is 10.1. The zero-order valence-electron chi connectivity index (χ0n) is 7.17. The highest BCUT2D eigenvalue weighted by Crippen LogP contribution is 2.25. The molecule has 0 radical (unpaired) electrons. The average molecular weight is 322 g/mol. The molecule has 0 heterocycles. The van der Waals surface area contributed by atoms with Crippen molar-refractivity contribution in [2.45, 2.75) is 0 Å². The van der Waals surface area contributed by atoms with Crippen LogP contribution in [0.5, 0.6) is 5.75 Å². The van der Waals surface area contributed by atoms with Crippen LogP contribution in [-0.2, 0) is 0 Å².